The van der Waals surface area contributed by atoms with Crippen LogP contribution in [-0.4, -0.2) is 27.4 Å². The first kappa shape index (κ1) is 17.0. The Morgan fingerprint density at radius 3 is 2.84 bits per heavy atom. The quantitative estimate of drug-likeness (QED) is 0.726. The molecule has 3 heteroatoms. The molecule has 1 saturated carbocycles. The molecule has 0 amide bonds. The molecule has 0 heterocycles. The Morgan fingerprint density at radius 2 is 2.04 bits per heavy atom. The summed E-state index contributed by atoms with van der Waals surface area (Å²) in [5.41, 5.74) is 3.30. The Bertz CT molecular complexity index is 665. The zero-order valence-electron chi connectivity index (χ0n) is 15.7. The smallest absolute Gasteiger partial charge is 0.119 e. The molecule has 3 nitrogen and oxygen atoms in total. The molecule has 1 aromatic carbocycles. The molecule has 0 aromatic heterocycles. The lowest BCUT2D eigenvalue weighted by Crippen LogP contribution is -2.41. The number of methoxy groups -OCH3 is 2. The molecule has 0 spiro atoms. The second-order valence-electron chi connectivity index (χ2n) is 8.08. The molecule has 3 aliphatic rings. The third kappa shape index (κ3) is 2.77. The summed E-state index contributed by atoms with van der Waals surface area (Å²) in [6.45, 7) is 3.77. The molecule has 4 rings (SSSR count). The zero-order valence-corrected chi connectivity index (χ0v) is 15.7. The zero-order chi connectivity index (χ0) is 17.4. The van der Waals surface area contributed by atoms with Gasteiger partial charge in [0.15, 0.2) is 0 Å². The van der Waals surface area contributed by atoms with Crippen molar-refractivity contribution in [3.05, 3.63) is 41.2 Å². The number of ether oxygens (including phenoxy) is 3. The van der Waals surface area contributed by atoms with Crippen molar-refractivity contribution in [3.8, 4) is 5.75 Å². The first-order valence-electron chi connectivity index (χ1n) is 9.66. The maximum absolute atomic E-state index is 6.11. The van der Waals surface area contributed by atoms with Gasteiger partial charge in [-0.25, -0.2) is 0 Å². The van der Waals surface area contributed by atoms with Gasteiger partial charge in [0.25, 0.3) is 0 Å². The van der Waals surface area contributed by atoms with E-state index < -0.39 is 0 Å². The largest absolute Gasteiger partial charge is 0.497 e. The van der Waals surface area contributed by atoms with E-state index in [1.165, 1.54) is 43.4 Å². The van der Waals surface area contributed by atoms with E-state index in [1.807, 2.05) is 0 Å². The standard InChI is InChI=1S/C22H30O3/c1-22-11-10-18-17-7-5-16(24-3)14-15(17)4-6-19(18)20(22)8-9-21(22)25-13-12-23-2/h5,7,9,14,18-20H,4,6,8,10-13H2,1-3H3/t18-,19-,20+,22+/m1/s1. The first-order chi connectivity index (χ1) is 12.2. The normalized spacial score (nSPS) is 33.1. The van der Waals surface area contributed by atoms with E-state index in [4.69, 9.17) is 14.2 Å². The van der Waals surface area contributed by atoms with E-state index >= 15 is 0 Å². The highest BCUT2D eigenvalue weighted by molar-refractivity contribution is 5.41. The number of allylic oxidation sites excluding steroid dienone is 2. The van der Waals surface area contributed by atoms with Gasteiger partial charge in [-0.2, -0.15) is 0 Å². The Labute approximate surface area is 151 Å². The molecule has 0 N–H and O–H groups in total. The van der Waals surface area contributed by atoms with Gasteiger partial charge >= 0.3 is 0 Å². The first-order valence-corrected chi connectivity index (χ1v) is 9.66. The highest BCUT2D eigenvalue weighted by Gasteiger charge is 2.52. The van der Waals surface area contributed by atoms with E-state index in [2.05, 4.69) is 31.2 Å². The molecule has 0 aliphatic heterocycles. The number of fused-ring (bicyclic) bond motifs is 5. The molecule has 4 atom stereocenters. The van der Waals surface area contributed by atoms with E-state index in [-0.39, 0.29) is 5.41 Å². The third-order valence-electron chi connectivity index (χ3n) is 6.99. The topological polar surface area (TPSA) is 27.7 Å². The lowest BCUT2D eigenvalue weighted by atomic mass is 9.55. The second kappa shape index (κ2) is 6.68. The van der Waals surface area contributed by atoms with Crippen molar-refractivity contribution in [2.75, 3.05) is 27.4 Å². The second-order valence-corrected chi connectivity index (χ2v) is 8.08. The highest BCUT2D eigenvalue weighted by Crippen LogP contribution is 2.61. The lowest BCUT2D eigenvalue weighted by Gasteiger charge is -2.49. The summed E-state index contributed by atoms with van der Waals surface area (Å²) in [6, 6.07) is 6.72. The molecule has 1 aromatic rings. The van der Waals surface area contributed by atoms with E-state index in [0.29, 0.717) is 19.1 Å². The summed E-state index contributed by atoms with van der Waals surface area (Å²) in [7, 11) is 3.49. The summed E-state index contributed by atoms with van der Waals surface area (Å²) in [5.74, 6) is 4.43. The van der Waals surface area contributed by atoms with Crippen LogP contribution in [0.3, 0.4) is 0 Å². The average molecular weight is 342 g/mol. The van der Waals surface area contributed by atoms with Crippen LogP contribution in [0, 0.1) is 17.3 Å². The number of hydrogen-bond donors (Lipinski definition) is 0. The molecule has 25 heavy (non-hydrogen) atoms. The number of aryl methyl sites for hydroxylation is 1. The van der Waals surface area contributed by atoms with Crippen molar-refractivity contribution in [2.45, 2.75) is 44.9 Å². The van der Waals surface area contributed by atoms with Crippen LogP contribution in [0.25, 0.3) is 0 Å². The molecule has 3 aliphatic carbocycles. The minimum atomic E-state index is 0.221. The Hall–Kier alpha value is -1.48. The van der Waals surface area contributed by atoms with Crippen molar-refractivity contribution >= 4 is 0 Å². The fourth-order valence-electron chi connectivity index (χ4n) is 5.67. The molecule has 0 saturated heterocycles. The van der Waals surface area contributed by atoms with Gasteiger partial charge in [0.1, 0.15) is 12.4 Å². The van der Waals surface area contributed by atoms with Crippen molar-refractivity contribution in [1.29, 1.82) is 0 Å². The van der Waals surface area contributed by atoms with Gasteiger partial charge in [-0.05, 0) is 79.2 Å². The number of benzene rings is 1. The number of rotatable bonds is 5. The fraction of sp³-hybridized carbons (Fsp3) is 0.636. The molecule has 136 valence electrons. The summed E-state index contributed by atoms with van der Waals surface area (Å²) in [5, 5.41) is 0. The Kier molecular flexibility index (Phi) is 4.53. The van der Waals surface area contributed by atoms with Crippen LogP contribution < -0.4 is 4.74 Å². The van der Waals surface area contributed by atoms with Crippen LogP contribution >= 0.6 is 0 Å². The van der Waals surface area contributed by atoms with E-state index in [9.17, 15) is 0 Å². The predicted molar refractivity (Wildman–Crippen MR) is 98.9 cm³/mol. The third-order valence-corrected chi connectivity index (χ3v) is 6.99. The van der Waals surface area contributed by atoms with Gasteiger partial charge in [0.05, 0.1) is 19.5 Å². The van der Waals surface area contributed by atoms with E-state index in [1.54, 1.807) is 19.8 Å². The van der Waals surface area contributed by atoms with Crippen LogP contribution in [0.2, 0.25) is 0 Å². The van der Waals surface area contributed by atoms with Crippen LogP contribution in [0.5, 0.6) is 5.75 Å². The van der Waals surface area contributed by atoms with Gasteiger partial charge in [-0.3, -0.25) is 0 Å². The predicted octanol–water partition coefficient (Wildman–Crippen LogP) is 4.71. The molecule has 0 bridgehead atoms. The van der Waals surface area contributed by atoms with Gasteiger partial charge < -0.3 is 14.2 Å². The SMILES string of the molecule is COCCOC1=CC[C@H]2[C@@H]3CCc4cc(OC)ccc4[C@H]3CC[C@]12C. The van der Waals surface area contributed by atoms with Crippen LogP contribution in [0.4, 0.5) is 0 Å². The van der Waals surface area contributed by atoms with Gasteiger partial charge in [0, 0.05) is 12.5 Å². The molecular weight excluding hydrogens is 312 g/mol. The lowest BCUT2D eigenvalue weighted by molar-refractivity contribution is 0.0159. The fourth-order valence-corrected chi connectivity index (χ4v) is 5.67. The summed E-state index contributed by atoms with van der Waals surface area (Å²) in [6.07, 6.45) is 8.51. The summed E-state index contributed by atoms with van der Waals surface area (Å²) in [4.78, 5) is 0. The monoisotopic (exact) mass is 342 g/mol. The summed E-state index contributed by atoms with van der Waals surface area (Å²) < 4.78 is 16.7. The Morgan fingerprint density at radius 1 is 1.16 bits per heavy atom. The molecule has 0 radical (unpaired) electrons. The summed E-state index contributed by atoms with van der Waals surface area (Å²) >= 11 is 0. The van der Waals surface area contributed by atoms with Gasteiger partial charge in [-0.15, -0.1) is 0 Å². The molecule has 1 fully saturated rings. The van der Waals surface area contributed by atoms with Gasteiger partial charge in [-0.1, -0.05) is 13.0 Å². The highest BCUT2D eigenvalue weighted by atomic mass is 16.5. The van der Waals surface area contributed by atoms with Crippen LogP contribution in [-0.2, 0) is 15.9 Å². The average Bonchev–Trinajstić information content (AvgIpc) is 2.98. The van der Waals surface area contributed by atoms with E-state index in [0.717, 1.165) is 17.6 Å². The van der Waals surface area contributed by atoms with Crippen molar-refractivity contribution in [3.63, 3.8) is 0 Å². The number of hydrogen-bond acceptors (Lipinski definition) is 3. The molecular formula is C22H30O3. The molecule has 0 unspecified atom stereocenters. The van der Waals surface area contributed by atoms with Crippen LogP contribution in [0.1, 0.15) is 49.7 Å². The maximum atomic E-state index is 6.11. The van der Waals surface area contributed by atoms with Crippen molar-refractivity contribution in [1.82, 2.24) is 0 Å². The van der Waals surface area contributed by atoms with Gasteiger partial charge in [0.2, 0.25) is 0 Å². The van der Waals surface area contributed by atoms with Crippen molar-refractivity contribution in [2.24, 2.45) is 17.3 Å². The van der Waals surface area contributed by atoms with Crippen molar-refractivity contribution < 1.29 is 14.2 Å². The van der Waals surface area contributed by atoms with Crippen LogP contribution in [0.15, 0.2) is 30.0 Å². The minimum Gasteiger partial charge on any atom is -0.497 e. The maximum Gasteiger partial charge on any atom is 0.119 e. The Balaban J connectivity index is 1.54. The minimum absolute atomic E-state index is 0.221.